The van der Waals surface area contributed by atoms with Crippen molar-refractivity contribution in [2.45, 2.75) is 19.0 Å². The quantitative estimate of drug-likeness (QED) is 0.888. The lowest BCUT2D eigenvalue weighted by molar-refractivity contribution is 0.0667. The molecule has 2 N–H and O–H groups in total. The number of benzene rings is 1. The summed E-state index contributed by atoms with van der Waals surface area (Å²) in [6.45, 7) is -2.57. The van der Waals surface area contributed by atoms with E-state index in [0.717, 1.165) is 10.1 Å². The van der Waals surface area contributed by atoms with Crippen LogP contribution in [0, 0.1) is 0 Å². The fourth-order valence-corrected chi connectivity index (χ4v) is 1.69. The van der Waals surface area contributed by atoms with E-state index in [9.17, 15) is 8.78 Å². The van der Waals surface area contributed by atoms with Crippen LogP contribution in [-0.2, 0) is 6.42 Å². The minimum absolute atomic E-state index is 0.293. The van der Waals surface area contributed by atoms with Gasteiger partial charge in [-0.05, 0) is 5.56 Å². The third-order valence-corrected chi connectivity index (χ3v) is 2.59. The molecule has 0 fully saturated rings. The Hall–Kier alpha value is -1.75. The molecule has 1 atom stereocenters. The molecule has 1 aromatic carbocycles. The maximum atomic E-state index is 12.6. The summed E-state index contributed by atoms with van der Waals surface area (Å²) >= 11 is 0. The van der Waals surface area contributed by atoms with Gasteiger partial charge in [-0.2, -0.15) is 8.78 Å². The number of nitrogens with two attached hydrogens (primary N) is 1. The summed E-state index contributed by atoms with van der Waals surface area (Å²) in [5.41, 5.74) is 6.87. The van der Waals surface area contributed by atoms with E-state index >= 15 is 0 Å². The summed E-state index contributed by atoms with van der Waals surface area (Å²) < 4.78 is 26.0. The van der Waals surface area contributed by atoms with E-state index in [1.54, 1.807) is 0 Å². The van der Waals surface area contributed by atoms with E-state index in [2.05, 4.69) is 4.98 Å². The Morgan fingerprint density at radius 3 is 2.59 bits per heavy atom. The van der Waals surface area contributed by atoms with Gasteiger partial charge >= 0.3 is 6.55 Å². The van der Waals surface area contributed by atoms with Crippen molar-refractivity contribution in [2.24, 2.45) is 5.73 Å². The molecule has 3 nitrogen and oxygen atoms in total. The average Bonchev–Trinajstić information content (AvgIpc) is 2.78. The third-order valence-electron chi connectivity index (χ3n) is 2.59. The predicted octanol–water partition coefficient (Wildman–Crippen LogP) is 2.52. The van der Waals surface area contributed by atoms with E-state index in [4.69, 9.17) is 5.73 Å². The molecule has 0 aliphatic rings. The van der Waals surface area contributed by atoms with E-state index < -0.39 is 6.55 Å². The molecule has 0 amide bonds. The third kappa shape index (κ3) is 2.68. The molecule has 0 aliphatic heterocycles. The lowest BCUT2D eigenvalue weighted by Crippen LogP contribution is -2.16. The van der Waals surface area contributed by atoms with Crippen LogP contribution in [0.4, 0.5) is 8.78 Å². The molecule has 0 saturated heterocycles. The highest BCUT2D eigenvalue weighted by atomic mass is 19.3. The molecular formula is C12H13F2N3. The van der Waals surface area contributed by atoms with E-state index in [1.165, 1.54) is 12.4 Å². The standard InChI is InChI=1S/C12H13F2N3/c13-12(14)17-7-6-16-11(17)8-10(15)9-4-2-1-3-5-9/h1-7,10,12H,8,15H2/t10-/m0/s1. The van der Waals surface area contributed by atoms with Crippen LogP contribution >= 0.6 is 0 Å². The SMILES string of the molecule is N[C@@H](Cc1nccn1C(F)F)c1ccccc1. The van der Waals surface area contributed by atoms with Crippen molar-refractivity contribution in [1.82, 2.24) is 9.55 Å². The molecule has 1 heterocycles. The number of hydrogen-bond acceptors (Lipinski definition) is 2. The zero-order chi connectivity index (χ0) is 12.3. The molecule has 5 heteroatoms. The van der Waals surface area contributed by atoms with Gasteiger partial charge in [0, 0.05) is 24.9 Å². The van der Waals surface area contributed by atoms with Gasteiger partial charge in [0.25, 0.3) is 0 Å². The molecule has 90 valence electrons. The van der Waals surface area contributed by atoms with Crippen molar-refractivity contribution >= 4 is 0 Å². The second-order valence-corrected chi connectivity index (χ2v) is 3.75. The maximum Gasteiger partial charge on any atom is 0.319 e. The van der Waals surface area contributed by atoms with Crippen LogP contribution in [0.25, 0.3) is 0 Å². The lowest BCUT2D eigenvalue weighted by atomic mass is 10.0. The zero-order valence-electron chi connectivity index (χ0n) is 9.13. The fourth-order valence-electron chi connectivity index (χ4n) is 1.69. The largest absolute Gasteiger partial charge is 0.324 e. The Labute approximate surface area is 97.9 Å². The van der Waals surface area contributed by atoms with Crippen molar-refractivity contribution in [3.05, 3.63) is 54.1 Å². The number of halogens is 2. The second-order valence-electron chi connectivity index (χ2n) is 3.75. The summed E-state index contributed by atoms with van der Waals surface area (Å²) in [6, 6.07) is 9.05. The topological polar surface area (TPSA) is 43.8 Å². The molecule has 0 bridgehead atoms. The first kappa shape index (κ1) is 11.7. The van der Waals surface area contributed by atoms with Crippen LogP contribution < -0.4 is 5.73 Å². The molecular weight excluding hydrogens is 224 g/mol. The predicted molar refractivity (Wildman–Crippen MR) is 60.6 cm³/mol. The molecule has 17 heavy (non-hydrogen) atoms. The van der Waals surface area contributed by atoms with Crippen molar-refractivity contribution in [2.75, 3.05) is 0 Å². The van der Waals surface area contributed by atoms with Crippen molar-refractivity contribution in [3.8, 4) is 0 Å². The number of nitrogens with zero attached hydrogens (tertiary/aromatic N) is 2. The molecule has 0 saturated carbocycles. The normalized spacial score (nSPS) is 12.9. The maximum absolute atomic E-state index is 12.6. The summed E-state index contributed by atoms with van der Waals surface area (Å²) in [5, 5.41) is 0. The monoisotopic (exact) mass is 237 g/mol. The van der Waals surface area contributed by atoms with Gasteiger partial charge < -0.3 is 5.73 Å². The summed E-state index contributed by atoms with van der Waals surface area (Å²) in [7, 11) is 0. The second kappa shape index (κ2) is 5.05. The molecule has 2 rings (SSSR count). The van der Waals surface area contributed by atoms with E-state index in [-0.39, 0.29) is 6.04 Å². The highest BCUT2D eigenvalue weighted by molar-refractivity contribution is 5.19. The van der Waals surface area contributed by atoms with Crippen LogP contribution in [0.5, 0.6) is 0 Å². The van der Waals surface area contributed by atoms with Crippen molar-refractivity contribution in [3.63, 3.8) is 0 Å². The number of alkyl halides is 2. The summed E-state index contributed by atoms with van der Waals surface area (Å²) in [4.78, 5) is 3.91. The van der Waals surface area contributed by atoms with Crippen LogP contribution in [0.1, 0.15) is 24.0 Å². The number of rotatable bonds is 4. The lowest BCUT2D eigenvalue weighted by Gasteiger charge is -2.12. The molecule has 2 aromatic rings. The number of aromatic nitrogens is 2. The van der Waals surface area contributed by atoms with E-state index in [0.29, 0.717) is 12.2 Å². The average molecular weight is 237 g/mol. The Morgan fingerprint density at radius 2 is 1.94 bits per heavy atom. The molecule has 0 aliphatic carbocycles. The first-order valence-corrected chi connectivity index (χ1v) is 5.29. The highest BCUT2D eigenvalue weighted by Gasteiger charge is 2.15. The molecule has 0 unspecified atom stereocenters. The van der Waals surface area contributed by atoms with Gasteiger partial charge in [-0.25, -0.2) is 4.98 Å². The fraction of sp³-hybridized carbons (Fsp3) is 0.250. The van der Waals surface area contributed by atoms with Crippen LogP contribution in [0.3, 0.4) is 0 Å². The van der Waals surface area contributed by atoms with Crippen LogP contribution in [0.2, 0.25) is 0 Å². The minimum atomic E-state index is -2.57. The molecule has 0 radical (unpaired) electrons. The Morgan fingerprint density at radius 1 is 1.24 bits per heavy atom. The van der Waals surface area contributed by atoms with Gasteiger partial charge in [0.15, 0.2) is 0 Å². The Kier molecular flexibility index (Phi) is 3.49. The first-order chi connectivity index (χ1) is 8.18. The van der Waals surface area contributed by atoms with Crippen LogP contribution in [0.15, 0.2) is 42.7 Å². The molecule has 0 spiro atoms. The Bertz CT molecular complexity index is 468. The smallest absolute Gasteiger partial charge is 0.319 e. The minimum Gasteiger partial charge on any atom is -0.324 e. The van der Waals surface area contributed by atoms with Gasteiger partial charge in [-0.1, -0.05) is 30.3 Å². The van der Waals surface area contributed by atoms with Crippen LogP contribution in [-0.4, -0.2) is 9.55 Å². The van der Waals surface area contributed by atoms with Gasteiger partial charge in [0.1, 0.15) is 5.82 Å². The Balaban J connectivity index is 2.13. The zero-order valence-corrected chi connectivity index (χ0v) is 9.13. The molecule has 1 aromatic heterocycles. The number of hydrogen-bond donors (Lipinski definition) is 1. The van der Waals surface area contributed by atoms with Gasteiger partial charge in [-0.15, -0.1) is 0 Å². The first-order valence-electron chi connectivity index (χ1n) is 5.29. The summed E-state index contributed by atoms with van der Waals surface area (Å²) in [5.74, 6) is 0.302. The highest BCUT2D eigenvalue weighted by Crippen LogP contribution is 2.18. The van der Waals surface area contributed by atoms with E-state index in [1.807, 2.05) is 30.3 Å². The van der Waals surface area contributed by atoms with Gasteiger partial charge in [0.05, 0.1) is 0 Å². The van der Waals surface area contributed by atoms with Gasteiger partial charge in [-0.3, -0.25) is 4.57 Å². The van der Waals surface area contributed by atoms with Crippen molar-refractivity contribution in [1.29, 1.82) is 0 Å². The summed E-state index contributed by atoms with van der Waals surface area (Å²) in [6.07, 6.45) is 2.91. The number of imidazole rings is 1. The van der Waals surface area contributed by atoms with Crippen molar-refractivity contribution < 1.29 is 8.78 Å². The van der Waals surface area contributed by atoms with Gasteiger partial charge in [0.2, 0.25) is 0 Å².